The molecule has 0 N–H and O–H groups in total. The normalized spacial score (nSPS) is 13.2. The molecule has 6 heterocycles. The minimum atomic E-state index is -0.858. The molecule has 0 radical (unpaired) electrons. The fraction of sp³-hybridized carbons (Fsp3) is 0.0208. The van der Waals surface area contributed by atoms with Gasteiger partial charge in [0.25, 0.3) is 0 Å². The van der Waals surface area contributed by atoms with E-state index in [4.69, 9.17) is 21.3 Å². The Morgan fingerprint density at radius 3 is 2.02 bits per heavy atom. The third-order valence-electron chi connectivity index (χ3n) is 11.6. The fourth-order valence-corrected chi connectivity index (χ4v) is 9.46. The van der Waals surface area contributed by atoms with Gasteiger partial charge in [-0.25, -0.2) is 9.83 Å². The van der Waals surface area contributed by atoms with E-state index in [1.165, 1.54) is 0 Å². The summed E-state index contributed by atoms with van der Waals surface area (Å²) in [5.74, 6) is 1.44. The maximum Gasteiger partial charge on any atom is 0.188 e. The molecule has 0 bridgehead atoms. The first-order valence-electron chi connectivity index (χ1n) is 18.3. The predicted octanol–water partition coefficient (Wildman–Crippen LogP) is 11.0. The Kier molecular flexibility index (Phi) is 5.96. The summed E-state index contributed by atoms with van der Waals surface area (Å²) in [6.07, 6.45) is 5.45. The molecule has 10 aromatic rings. The number of fused-ring (bicyclic) bond motifs is 15. The maximum absolute atomic E-state index is 9.69. The predicted molar refractivity (Wildman–Crippen MR) is 217 cm³/mol. The summed E-state index contributed by atoms with van der Waals surface area (Å²) in [5.41, 5.74) is 11.6. The second-order valence-electron chi connectivity index (χ2n) is 14.2. The zero-order chi connectivity index (χ0) is 37.1. The van der Waals surface area contributed by atoms with Gasteiger partial charge in [-0.05, 0) is 77.2 Å². The van der Waals surface area contributed by atoms with E-state index >= 15 is 0 Å². The SMILES string of the molecule is [C-]#[N+]c1ccc2c(c1)c1ccccc1n2-c1cccc2c1C1(c3ccc(-n4c5ccccc5c5cc(C#N)ncc54)cc3O2)c2cccnc2-c2ncccc21. The average Bonchev–Trinajstić information content (AvgIpc) is 3.87. The van der Waals surface area contributed by atoms with Crippen LogP contribution in [-0.4, -0.2) is 24.1 Å². The molecule has 0 saturated carbocycles. The van der Waals surface area contributed by atoms with Crippen molar-refractivity contribution in [2.24, 2.45) is 0 Å². The monoisotopic (exact) mass is 715 g/mol. The van der Waals surface area contributed by atoms with Gasteiger partial charge in [0, 0.05) is 51.4 Å². The van der Waals surface area contributed by atoms with Gasteiger partial charge < -0.3 is 13.9 Å². The zero-order valence-corrected chi connectivity index (χ0v) is 29.5. The number of para-hydroxylation sites is 2. The molecule has 1 aliphatic carbocycles. The highest BCUT2D eigenvalue weighted by Crippen LogP contribution is 2.63. The van der Waals surface area contributed by atoms with Gasteiger partial charge in [-0.2, -0.15) is 5.26 Å². The van der Waals surface area contributed by atoms with E-state index in [1.807, 2.05) is 60.9 Å². The van der Waals surface area contributed by atoms with Crippen LogP contribution in [0, 0.1) is 17.9 Å². The minimum Gasteiger partial charge on any atom is -0.457 e. The van der Waals surface area contributed by atoms with E-state index in [1.54, 1.807) is 6.20 Å². The zero-order valence-electron chi connectivity index (χ0n) is 29.5. The molecule has 0 saturated heterocycles. The number of nitrogens with zero attached hydrogens (tertiary/aromatic N) is 7. The quantitative estimate of drug-likeness (QED) is 0.166. The van der Waals surface area contributed by atoms with Gasteiger partial charge in [-0.3, -0.25) is 9.97 Å². The van der Waals surface area contributed by atoms with Crippen molar-refractivity contribution < 1.29 is 4.74 Å². The van der Waals surface area contributed by atoms with Crippen molar-refractivity contribution in [3.05, 3.63) is 191 Å². The Labute approximate surface area is 319 Å². The largest absolute Gasteiger partial charge is 0.457 e. The van der Waals surface area contributed by atoms with Crippen LogP contribution in [0.15, 0.2) is 152 Å². The molecule has 2 aliphatic rings. The molecule has 8 heteroatoms. The molecule has 0 amide bonds. The molecular formula is C48H25N7O. The van der Waals surface area contributed by atoms with Crippen molar-refractivity contribution >= 4 is 49.3 Å². The molecule has 0 atom stereocenters. The second kappa shape index (κ2) is 11.0. The fourth-order valence-electron chi connectivity index (χ4n) is 9.46. The van der Waals surface area contributed by atoms with E-state index < -0.39 is 5.41 Å². The van der Waals surface area contributed by atoms with Crippen LogP contribution < -0.4 is 4.74 Å². The Morgan fingerprint density at radius 1 is 0.589 bits per heavy atom. The number of pyridine rings is 3. The van der Waals surface area contributed by atoms with E-state index in [2.05, 4.69) is 110 Å². The molecule has 1 aliphatic heterocycles. The van der Waals surface area contributed by atoms with Crippen molar-refractivity contribution in [1.82, 2.24) is 24.1 Å². The van der Waals surface area contributed by atoms with Crippen LogP contribution in [-0.2, 0) is 5.41 Å². The Morgan fingerprint density at radius 2 is 1.29 bits per heavy atom. The Bertz CT molecular complexity index is 3410. The van der Waals surface area contributed by atoms with Gasteiger partial charge in [0.1, 0.15) is 23.3 Å². The van der Waals surface area contributed by atoms with Crippen LogP contribution >= 0.6 is 0 Å². The van der Waals surface area contributed by atoms with Gasteiger partial charge in [0.15, 0.2) is 5.69 Å². The smallest absolute Gasteiger partial charge is 0.188 e. The highest BCUT2D eigenvalue weighted by Gasteiger charge is 2.54. The lowest BCUT2D eigenvalue weighted by molar-refractivity contribution is 0.435. The number of aromatic nitrogens is 5. The first-order valence-corrected chi connectivity index (χ1v) is 18.3. The molecule has 1 spiro atoms. The lowest BCUT2D eigenvalue weighted by Crippen LogP contribution is -2.33. The van der Waals surface area contributed by atoms with Crippen molar-refractivity contribution in [1.29, 1.82) is 5.26 Å². The topological polar surface area (TPSA) is 85.9 Å². The van der Waals surface area contributed by atoms with E-state index in [0.717, 1.165) is 100 Å². The summed E-state index contributed by atoms with van der Waals surface area (Å²) in [7, 11) is 0. The van der Waals surface area contributed by atoms with Crippen molar-refractivity contribution in [2.75, 3.05) is 0 Å². The van der Waals surface area contributed by atoms with E-state index in [-0.39, 0.29) is 0 Å². The molecular weight excluding hydrogens is 691 g/mol. The summed E-state index contributed by atoms with van der Waals surface area (Å²) in [5, 5.41) is 13.8. The van der Waals surface area contributed by atoms with Crippen LogP contribution in [0.2, 0.25) is 0 Å². The second-order valence-corrected chi connectivity index (χ2v) is 14.2. The summed E-state index contributed by atoms with van der Waals surface area (Å²) in [6, 6.07) is 47.7. The molecule has 0 fully saturated rings. The van der Waals surface area contributed by atoms with Gasteiger partial charge >= 0.3 is 0 Å². The first kappa shape index (κ1) is 30.4. The minimum absolute atomic E-state index is 0.374. The van der Waals surface area contributed by atoms with Crippen molar-refractivity contribution in [3.8, 4) is 40.3 Å². The van der Waals surface area contributed by atoms with Gasteiger partial charge in [-0.15, -0.1) is 0 Å². The highest BCUT2D eigenvalue weighted by molar-refractivity contribution is 6.11. The summed E-state index contributed by atoms with van der Waals surface area (Å²) >= 11 is 0. The van der Waals surface area contributed by atoms with Crippen LogP contribution in [0.3, 0.4) is 0 Å². The molecule has 258 valence electrons. The Hall–Kier alpha value is -8.07. The molecule has 12 rings (SSSR count). The lowest BCUT2D eigenvalue weighted by Gasteiger charge is -2.40. The van der Waals surface area contributed by atoms with Gasteiger partial charge in [0.2, 0.25) is 0 Å². The maximum atomic E-state index is 9.69. The number of benzene rings is 5. The average molecular weight is 716 g/mol. The third kappa shape index (κ3) is 3.76. The first-order chi connectivity index (χ1) is 27.7. The summed E-state index contributed by atoms with van der Waals surface area (Å²) < 4.78 is 11.6. The van der Waals surface area contributed by atoms with E-state index in [9.17, 15) is 5.26 Å². The van der Waals surface area contributed by atoms with Crippen LogP contribution in [0.25, 0.3) is 71.2 Å². The van der Waals surface area contributed by atoms with Crippen LogP contribution in [0.4, 0.5) is 5.69 Å². The molecule has 5 aromatic carbocycles. The molecule has 5 aromatic heterocycles. The standard InChI is InChI=1S/C48H25N7O/c1-50-28-17-20-40-33(23-28)31-9-3-5-14-39(31)55(40)41-15-6-16-43-45(41)48(36-11-7-21-51-46(36)47-37(48)12-8-22-52-47)35-19-18-30(25-44(35)56-43)54-38-13-4-2-10-32(38)34-24-29(26-49)53-27-42(34)54/h2-25,27H. The summed E-state index contributed by atoms with van der Waals surface area (Å²) in [6.45, 7) is 7.77. The Balaban J connectivity index is 1.19. The van der Waals surface area contributed by atoms with Gasteiger partial charge in [-0.1, -0.05) is 66.7 Å². The molecule has 56 heavy (non-hydrogen) atoms. The van der Waals surface area contributed by atoms with Crippen LogP contribution in [0.1, 0.15) is 27.9 Å². The number of hydrogen-bond acceptors (Lipinski definition) is 5. The number of hydrogen-bond donors (Lipinski definition) is 0. The number of rotatable bonds is 2. The molecule has 0 unspecified atom stereocenters. The van der Waals surface area contributed by atoms with Crippen molar-refractivity contribution in [3.63, 3.8) is 0 Å². The lowest BCUT2D eigenvalue weighted by atomic mass is 9.65. The van der Waals surface area contributed by atoms with Gasteiger partial charge in [0.05, 0.1) is 57.3 Å². The summed E-state index contributed by atoms with van der Waals surface area (Å²) in [4.78, 5) is 18.2. The van der Waals surface area contributed by atoms with Crippen molar-refractivity contribution in [2.45, 2.75) is 5.41 Å². The third-order valence-corrected chi connectivity index (χ3v) is 11.6. The number of ether oxygens (including phenoxy) is 1. The number of nitriles is 1. The van der Waals surface area contributed by atoms with E-state index in [0.29, 0.717) is 11.4 Å². The van der Waals surface area contributed by atoms with Crippen LogP contribution in [0.5, 0.6) is 11.5 Å². The highest BCUT2D eigenvalue weighted by atomic mass is 16.5. The molecule has 8 nitrogen and oxygen atoms in total.